The first-order valence-electron chi connectivity index (χ1n) is 3.39. The van der Waals surface area contributed by atoms with Crippen molar-refractivity contribution < 1.29 is 0 Å². The molecule has 0 aromatic heterocycles. The van der Waals surface area contributed by atoms with E-state index in [9.17, 15) is 0 Å². The summed E-state index contributed by atoms with van der Waals surface area (Å²) in [7, 11) is 0. The molecule has 0 unspecified atom stereocenters. The van der Waals surface area contributed by atoms with Crippen LogP contribution in [-0.2, 0) is 6.42 Å². The highest BCUT2D eigenvalue weighted by Crippen LogP contribution is 2.28. The summed E-state index contributed by atoms with van der Waals surface area (Å²) < 4.78 is 0. The van der Waals surface area contributed by atoms with Gasteiger partial charge in [-0.2, -0.15) is 0 Å². The summed E-state index contributed by atoms with van der Waals surface area (Å²) in [6.45, 7) is 1.03. The minimum absolute atomic E-state index is 0. The molecule has 0 saturated heterocycles. The van der Waals surface area contributed by atoms with Crippen molar-refractivity contribution >= 4 is 29.7 Å². The molecule has 60 valence electrons. The van der Waals surface area contributed by atoms with Gasteiger partial charge in [-0.1, -0.05) is 17.7 Å². The quantitative estimate of drug-likeness (QED) is 0.663. The molecular formula is C8H9Cl2N. The van der Waals surface area contributed by atoms with Gasteiger partial charge in [-0.25, -0.2) is 0 Å². The first kappa shape index (κ1) is 8.69. The fourth-order valence-corrected chi connectivity index (χ4v) is 1.57. The summed E-state index contributed by atoms with van der Waals surface area (Å²) in [5, 5.41) is 4.15. The van der Waals surface area contributed by atoms with Crippen LogP contribution in [0.15, 0.2) is 18.2 Å². The number of benzene rings is 1. The summed E-state index contributed by atoms with van der Waals surface area (Å²) in [5.41, 5.74) is 2.47. The fourth-order valence-electron chi connectivity index (χ4n) is 1.30. The molecule has 2 rings (SSSR count). The van der Waals surface area contributed by atoms with E-state index in [0.29, 0.717) is 0 Å². The zero-order valence-corrected chi connectivity index (χ0v) is 7.50. The maximum atomic E-state index is 5.93. The third-order valence-electron chi connectivity index (χ3n) is 1.81. The number of anilines is 1. The van der Waals surface area contributed by atoms with Crippen LogP contribution in [-0.4, -0.2) is 6.54 Å². The van der Waals surface area contributed by atoms with Crippen LogP contribution in [0.3, 0.4) is 0 Å². The highest BCUT2D eigenvalue weighted by molar-refractivity contribution is 6.31. The molecule has 1 aliphatic rings. The Labute approximate surface area is 77.2 Å². The zero-order chi connectivity index (χ0) is 6.97. The van der Waals surface area contributed by atoms with E-state index in [2.05, 4.69) is 11.4 Å². The van der Waals surface area contributed by atoms with Gasteiger partial charge in [-0.3, -0.25) is 0 Å². The molecule has 0 spiro atoms. The number of rotatable bonds is 0. The second kappa shape index (κ2) is 3.33. The van der Waals surface area contributed by atoms with E-state index in [4.69, 9.17) is 11.6 Å². The molecule has 1 aromatic rings. The van der Waals surface area contributed by atoms with Crippen molar-refractivity contribution in [3.8, 4) is 0 Å². The van der Waals surface area contributed by atoms with Crippen molar-refractivity contribution in [2.45, 2.75) is 6.42 Å². The van der Waals surface area contributed by atoms with Gasteiger partial charge < -0.3 is 5.32 Å². The second-order valence-electron chi connectivity index (χ2n) is 2.44. The Balaban J connectivity index is 0.000000605. The SMILES string of the molecule is Cl.Clc1cccc2c1CCN2. The third kappa shape index (κ3) is 1.44. The Bertz CT molecular complexity index is 260. The Morgan fingerprint density at radius 2 is 2.18 bits per heavy atom. The molecule has 1 N–H and O–H groups in total. The van der Waals surface area contributed by atoms with Crippen LogP contribution < -0.4 is 5.32 Å². The molecule has 1 aliphatic heterocycles. The number of halogens is 2. The number of fused-ring (bicyclic) bond motifs is 1. The molecule has 0 aliphatic carbocycles. The lowest BCUT2D eigenvalue weighted by atomic mass is 10.2. The largest absolute Gasteiger partial charge is 0.384 e. The lowest BCUT2D eigenvalue weighted by molar-refractivity contribution is 1.11. The van der Waals surface area contributed by atoms with Gasteiger partial charge >= 0.3 is 0 Å². The third-order valence-corrected chi connectivity index (χ3v) is 2.16. The normalized spacial score (nSPS) is 13.2. The number of hydrogen-bond donors (Lipinski definition) is 1. The summed E-state index contributed by atoms with van der Waals surface area (Å²) in [6.07, 6.45) is 1.06. The van der Waals surface area contributed by atoms with Crippen LogP contribution in [0.1, 0.15) is 5.56 Å². The second-order valence-corrected chi connectivity index (χ2v) is 2.85. The molecule has 1 heterocycles. The molecule has 3 heteroatoms. The van der Waals surface area contributed by atoms with Gasteiger partial charge in [-0.05, 0) is 24.1 Å². The van der Waals surface area contributed by atoms with Crippen molar-refractivity contribution in [2.24, 2.45) is 0 Å². The Hall–Kier alpha value is -0.400. The van der Waals surface area contributed by atoms with E-state index < -0.39 is 0 Å². The fraction of sp³-hybridized carbons (Fsp3) is 0.250. The molecule has 1 aromatic carbocycles. The molecule has 1 nitrogen and oxygen atoms in total. The number of hydrogen-bond acceptors (Lipinski definition) is 1. The van der Waals surface area contributed by atoms with Gasteiger partial charge in [0.1, 0.15) is 0 Å². The van der Waals surface area contributed by atoms with Gasteiger partial charge in [0.25, 0.3) is 0 Å². The molecule has 0 fully saturated rings. The highest BCUT2D eigenvalue weighted by Gasteiger charge is 2.11. The topological polar surface area (TPSA) is 12.0 Å². The molecule has 0 amide bonds. The van der Waals surface area contributed by atoms with Crippen molar-refractivity contribution in [1.29, 1.82) is 0 Å². The van der Waals surface area contributed by atoms with Gasteiger partial charge in [0.15, 0.2) is 0 Å². The van der Waals surface area contributed by atoms with Gasteiger partial charge in [-0.15, -0.1) is 12.4 Å². The summed E-state index contributed by atoms with van der Waals surface area (Å²) in [6, 6.07) is 5.97. The van der Waals surface area contributed by atoms with E-state index in [1.54, 1.807) is 0 Å². The lowest BCUT2D eigenvalue weighted by Crippen LogP contribution is -1.90. The molecular weight excluding hydrogens is 181 g/mol. The molecule has 0 saturated carbocycles. The van der Waals surface area contributed by atoms with Crippen molar-refractivity contribution in [3.05, 3.63) is 28.8 Å². The summed E-state index contributed by atoms with van der Waals surface area (Å²) >= 11 is 5.93. The van der Waals surface area contributed by atoms with Crippen LogP contribution in [0.4, 0.5) is 5.69 Å². The van der Waals surface area contributed by atoms with Crippen LogP contribution in [0.5, 0.6) is 0 Å². The van der Waals surface area contributed by atoms with Gasteiger partial charge in [0.05, 0.1) is 0 Å². The first-order chi connectivity index (χ1) is 4.88. The lowest BCUT2D eigenvalue weighted by Gasteiger charge is -1.98. The Kier molecular flexibility index (Phi) is 2.63. The molecule has 0 atom stereocenters. The predicted molar refractivity (Wildman–Crippen MR) is 50.9 cm³/mol. The van der Waals surface area contributed by atoms with Gasteiger partial charge in [0.2, 0.25) is 0 Å². The maximum Gasteiger partial charge on any atom is 0.0459 e. The van der Waals surface area contributed by atoms with Crippen LogP contribution in [0.25, 0.3) is 0 Å². The van der Waals surface area contributed by atoms with E-state index in [-0.39, 0.29) is 12.4 Å². The van der Waals surface area contributed by atoms with E-state index in [1.165, 1.54) is 11.3 Å². The van der Waals surface area contributed by atoms with Crippen LogP contribution >= 0.6 is 24.0 Å². The standard InChI is InChI=1S/C8H8ClN.ClH/c9-7-2-1-3-8-6(7)4-5-10-8;/h1-3,10H,4-5H2;1H. The zero-order valence-electron chi connectivity index (χ0n) is 5.93. The Morgan fingerprint density at radius 1 is 1.36 bits per heavy atom. The average molecular weight is 190 g/mol. The Morgan fingerprint density at radius 3 is 2.91 bits per heavy atom. The maximum absolute atomic E-state index is 5.93. The highest BCUT2D eigenvalue weighted by atomic mass is 35.5. The molecule has 11 heavy (non-hydrogen) atoms. The first-order valence-corrected chi connectivity index (χ1v) is 3.77. The van der Waals surface area contributed by atoms with Crippen LogP contribution in [0, 0.1) is 0 Å². The van der Waals surface area contributed by atoms with E-state index in [1.807, 2.05) is 12.1 Å². The van der Waals surface area contributed by atoms with E-state index >= 15 is 0 Å². The average Bonchev–Trinajstić information content (AvgIpc) is 2.36. The minimum atomic E-state index is 0. The van der Waals surface area contributed by atoms with Crippen molar-refractivity contribution in [2.75, 3.05) is 11.9 Å². The van der Waals surface area contributed by atoms with Gasteiger partial charge in [0, 0.05) is 17.3 Å². The van der Waals surface area contributed by atoms with Crippen molar-refractivity contribution in [1.82, 2.24) is 0 Å². The summed E-state index contributed by atoms with van der Waals surface area (Å²) in [4.78, 5) is 0. The smallest absolute Gasteiger partial charge is 0.0459 e. The van der Waals surface area contributed by atoms with E-state index in [0.717, 1.165) is 18.0 Å². The monoisotopic (exact) mass is 189 g/mol. The molecule has 0 bridgehead atoms. The van der Waals surface area contributed by atoms with Crippen molar-refractivity contribution in [3.63, 3.8) is 0 Å². The summed E-state index contributed by atoms with van der Waals surface area (Å²) in [5.74, 6) is 0. The minimum Gasteiger partial charge on any atom is -0.384 e. The van der Waals surface area contributed by atoms with Crippen LogP contribution in [0.2, 0.25) is 5.02 Å². The molecule has 0 radical (unpaired) electrons. The predicted octanol–water partition coefficient (Wildman–Crippen LogP) is 2.73. The number of nitrogens with one attached hydrogen (secondary N) is 1.